The zero-order valence-corrected chi connectivity index (χ0v) is 9.05. The van der Waals surface area contributed by atoms with Gasteiger partial charge in [-0.05, 0) is 33.2 Å². The van der Waals surface area contributed by atoms with Gasteiger partial charge < -0.3 is 10.1 Å². The van der Waals surface area contributed by atoms with Crippen LogP contribution in [0, 0.1) is 5.92 Å². The molecule has 0 aliphatic carbocycles. The Bertz CT molecular complexity index is 104. The van der Waals surface area contributed by atoms with Crippen LogP contribution in [0.2, 0.25) is 0 Å². The smallest absolute Gasteiger partial charge is 0.0519 e. The second kappa shape index (κ2) is 6.44. The van der Waals surface area contributed by atoms with Crippen molar-refractivity contribution in [3.05, 3.63) is 0 Å². The van der Waals surface area contributed by atoms with Crippen LogP contribution in [0.4, 0.5) is 0 Å². The molecule has 74 valence electrons. The molecule has 0 rings (SSSR count). The summed E-state index contributed by atoms with van der Waals surface area (Å²) in [5.74, 6) is 0.590. The van der Waals surface area contributed by atoms with E-state index in [9.17, 15) is 0 Å². The highest BCUT2D eigenvalue weighted by Gasteiger charge is 2.11. The van der Waals surface area contributed by atoms with E-state index < -0.39 is 0 Å². The lowest BCUT2D eigenvalue weighted by Crippen LogP contribution is -2.34. The summed E-state index contributed by atoms with van der Waals surface area (Å²) in [5.41, 5.74) is 0. The second-order valence-electron chi connectivity index (χ2n) is 3.71. The van der Waals surface area contributed by atoms with E-state index >= 15 is 0 Å². The molecule has 0 fully saturated rings. The number of hydrogen-bond acceptors (Lipinski definition) is 2. The highest BCUT2D eigenvalue weighted by atomic mass is 16.5. The first-order chi connectivity index (χ1) is 5.57. The molecule has 0 aliphatic rings. The summed E-state index contributed by atoms with van der Waals surface area (Å²) < 4.78 is 5.53. The van der Waals surface area contributed by atoms with Crippen LogP contribution in [0.15, 0.2) is 0 Å². The van der Waals surface area contributed by atoms with Crippen LogP contribution in [-0.2, 0) is 4.74 Å². The monoisotopic (exact) mass is 173 g/mol. The maximum atomic E-state index is 5.53. The van der Waals surface area contributed by atoms with Crippen molar-refractivity contribution in [2.24, 2.45) is 5.92 Å². The molecule has 0 saturated heterocycles. The minimum atomic E-state index is 0.348. The van der Waals surface area contributed by atoms with Crippen LogP contribution < -0.4 is 5.32 Å². The Balaban J connectivity index is 3.49. The third-order valence-corrected chi connectivity index (χ3v) is 2.07. The minimum Gasteiger partial charge on any atom is -0.378 e. The number of ether oxygens (including phenoxy) is 1. The van der Waals surface area contributed by atoms with Gasteiger partial charge in [-0.3, -0.25) is 0 Å². The number of nitrogens with one attached hydrogen (secondary N) is 1. The van der Waals surface area contributed by atoms with Gasteiger partial charge in [-0.2, -0.15) is 0 Å². The van der Waals surface area contributed by atoms with E-state index in [1.807, 2.05) is 0 Å². The van der Waals surface area contributed by atoms with E-state index in [0.717, 1.165) is 13.2 Å². The molecule has 0 heterocycles. The summed E-state index contributed by atoms with van der Waals surface area (Å²) >= 11 is 0. The van der Waals surface area contributed by atoms with E-state index in [0.29, 0.717) is 18.1 Å². The molecule has 0 aromatic carbocycles. The van der Waals surface area contributed by atoms with Crippen LogP contribution in [0.5, 0.6) is 0 Å². The van der Waals surface area contributed by atoms with Crippen molar-refractivity contribution in [2.45, 2.75) is 46.8 Å². The standard InChI is InChI=1S/C10H23NO/c1-6-11-10(5)9(4)7-12-8(2)3/h8-11H,6-7H2,1-5H3. The Morgan fingerprint density at radius 3 is 2.17 bits per heavy atom. The van der Waals surface area contributed by atoms with Crippen LogP contribution in [0.25, 0.3) is 0 Å². The third-order valence-electron chi connectivity index (χ3n) is 2.07. The van der Waals surface area contributed by atoms with Crippen LogP contribution in [-0.4, -0.2) is 25.3 Å². The van der Waals surface area contributed by atoms with E-state index in [4.69, 9.17) is 4.74 Å². The normalized spacial score (nSPS) is 16.5. The van der Waals surface area contributed by atoms with Crippen molar-refractivity contribution < 1.29 is 4.74 Å². The van der Waals surface area contributed by atoms with Gasteiger partial charge in [0.05, 0.1) is 12.7 Å². The maximum absolute atomic E-state index is 5.53. The van der Waals surface area contributed by atoms with Gasteiger partial charge in [0.2, 0.25) is 0 Å². The van der Waals surface area contributed by atoms with Crippen molar-refractivity contribution in [2.75, 3.05) is 13.2 Å². The molecule has 0 amide bonds. The Hall–Kier alpha value is -0.0800. The molecule has 0 saturated carbocycles. The molecule has 0 bridgehead atoms. The molecule has 2 heteroatoms. The first-order valence-corrected chi connectivity index (χ1v) is 4.92. The van der Waals surface area contributed by atoms with E-state index in [-0.39, 0.29) is 0 Å². The van der Waals surface area contributed by atoms with Crippen LogP contribution in [0.1, 0.15) is 34.6 Å². The fourth-order valence-electron chi connectivity index (χ4n) is 1.01. The molecule has 1 N–H and O–H groups in total. The van der Waals surface area contributed by atoms with Gasteiger partial charge in [0, 0.05) is 6.04 Å². The molecule has 0 spiro atoms. The SMILES string of the molecule is CCNC(C)C(C)COC(C)C. The van der Waals surface area contributed by atoms with Gasteiger partial charge in [0.15, 0.2) is 0 Å². The van der Waals surface area contributed by atoms with Crippen molar-refractivity contribution in [1.29, 1.82) is 0 Å². The van der Waals surface area contributed by atoms with E-state index in [1.54, 1.807) is 0 Å². The van der Waals surface area contributed by atoms with Gasteiger partial charge in [-0.25, -0.2) is 0 Å². The predicted molar refractivity (Wildman–Crippen MR) is 53.4 cm³/mol. The molecule has 0 aromatic heterocycles. The quantitative estimate of drug-likeness (QED) is 0.663. The Kier molecular flexibility index (Phi) is 6.39. The average molecular weight is 173 g/mol. The lowest BCUT2D eigenvalue weighted by molar-refractivity contribution is 0.0475. The second-order valence-corrected chi connectivity index (χ2v) is 3.71. The van der Waals surface area contributed by atoms with Gasteiger partial charge in [-0.15, -0.1) is 0 Å². The zero-order valence-electron chi connectivity index (χ0n) is 9.05. The lowest BCUT2D eigenvalue weighted by Gasteiger charge is -2.21. The molecular weight excluding hydrogens is 150 g/mol. The largest absolute Gasteiger partial charge is 0.378 e. The summed E-state index contributed by atoms with van der Waals surface area (Å²) in [6.07, 6.45) is 0.348. The van der Waals surface area contributed by atoms with Crippen LogP contribution >= 0.6 is 0 Å². The van der Waals surface area contributed by atoms with Gasteiger partial charge in [0.1, 0.15) is 0 Å². The first-order valence-electron chi connectivity index (χ1n) is 4.92. The third kappa shape index (κ3) is 5.56. The van der Waals surface area contributed by atoms with Gasteiger partial charge in [0.25, 0.3) is 0 Å². The lowest BCUT2D eigenvalue weighted by atomic mass is 10.1. The molecule has 0 aromatic rings. The maximum Gasteiger partial charge on any atom is 0.0519 e. The molecule has 2 atom stereocenters. The molecular formula is C10H23NO. The van der Waals surface area contributed by atoms with Crippen molar-refractivity contribution in [1.82, 2.24) is 5.32 Å². The molecule has 2 unspecified atom stereocenters. The summed E-state index contributed by atoms with van der Waals surface area (Å²) in [6.45, 7) is 12.6. The van der Waals surface area contributed by atoms with Crippen molar-refractivity contribution in [3.63, 3.8) is 0 Å². The Labute approximate surface area is 76.7 Å². The summed E-state index contributed by atoms with van der Waals surface area (Å²) in [4.78, 5) is 0. The van der Waals surface area contributed by atoms with Crippen molar-refractivity contribution in [3.8, 4) is 0 Å². The fourth-order valence-corrected chi connectivity index (χ4v) is 1.01. The van der Waals surface area contributed by atoms with Crippen LogP contribution in [0.3, 0.4) is 0 Å². The Morgan fingerprint density at radius 1 is 1.17 bits per heavy atom. The summed E-state index contributed by atoms with van der Waals surface area (Å²) in [7, 11) is 0. The fraction of sp³-hybridized carbons (Fsp3) is 1.00. The Morgan fingerprint density at radius 2 is 1.75 bits per heavy atom. The molecule has 0 radical (unpaired) electrons. The van der Waals surface area contributed by atoms with E-state index in [2.05, 4.69) is 39.9 Å². The highest BCUT2D eigenvalue weighted by Crippen LogP contribution is 2.04. The van der Waals surface area contributed by atoms with Gasteiger partial charge >= 0.3 is 0 Å². The van der Waals surface area contributed by atoms with Gasteiger partial charge in [-0.1, -0.05) is 13.8 Å². The molecule has 2 nitrogen and oxygen atoms in total. The minimum absolute atomic E-state index is 0.348. The summed E-state index contributed by atoms with van der Waals surface area (Å²) in [6, 6.07) is 0.550. The number of hydrogen-bond donors (Lipinski definition) is 1. The summed E-state index contributed by atoms with van der Waals surface area (Å²) in [5, 5.41) is 3.39. The zero-order chi connectivity index (χ0) is 9.56. The first kappa shape index (κ1) is 11.9. The molecule has 12 heavy (non-hydrogen) atoms. The average Bonchev–Trinajstić information content (AvgIpc) is 2.00. The topological polar surface area (TPSA) is 21.3 Å². The number of rotatable bonds is 6. The predicted octanol–water partition coefficient (Wildman–Crippen LogP) is 2.05. The van der Waals surface area contributed by atoms with Crippen molar-refractivity contribution >= 4 is 0 Å². The van der Waals surface area contributed by atoms with E-state index in [1.165, 1.54) is 0 Å². The highest BCUT2D eigenvalue weighted by molar-refractivity contribution is 4.66. The molecule has 0 aliphatic heterocycles.